The molecule has 2 aromatic rings. The molecule has 0 saturated carbocycles. The molecule has 0 unspecified atom stereocenters. The lowest BCUT2D eigenvalue weighted by Crippen LogP contribution is -2.28. The van der Waals surface area contributed by atoms with Crippen LogP contribution in [0.4, 0.5) is 0 Å². The lowest BCUT2D eigenvalue weighted by molar-refractivity contribution is 0.0951. The molecule has 0 saturated heterocycles. The van der Waals surface area contributed by atoms with Crippen molar-refractivity contribution >= 4 is 39.1 Å². The number of halogens is 2. The van der Waals surface area contributed by atoms with Gasteiger partial charge in [0.15, 0.2) is 0 Å². The van der Waals surface area contributed by atoms with E-state index in [1.54, 1.807) is 0 Å². The summed E-state index contributed by atoms with van der Waals surface area (Å²) < 4.78 is 27.4. The summed E-state index contributed by atoms with van der Waals surface area (Å²) in [6.45, 7) is 4.33. The molecule has 1 amide bonds. The van der Waals surface area contributed by atoms with Crippen LogP contribution in [0.2, 0.25) is 10.0 Å². The van der Waals surface area contributed by atoms with E-state index < -0.39 is 15.9 Å². The van der Waals surface area contributed by atoms with E-state index >= 15 is 0 Å². The lowest BCUT2D eigenvalue weighted by atomic mass is 10.2. The summed E-state index contributed by atoms with van der Waals surface area (Å²) in [6.07, 6.45) is 0. The molecule has 0 aromatic heterocycles. The first-order valence-corrected chi connectivity index (χ1v) is 10.3. The summed E-state index contributed by atoms with van der Waals surface area (Å²) in [7, 11) is -3.85. The van der Waals surface area contributed by atoms with Crippen LogP contribution < -0.4 is 10.0 Å². The van der Waals surface area contributed by atoms with Crippen molar-refractivity contribution in [2.75, 3.05) is 6.54 Å². The molecular weight excluding hydrogens is 395 g/mol. The molecule has 0 atom stereocenters. The Kier molecular flexibility index (Phi) is 7.06. The fourth-order valence-electron chi connectivity index (χ4n) is 2.14. The second-order valence-electron chi connectivity index (χ2n) is 6.18. The Balaban J connectivity index is 2.25. The third-order valence-corrected chi connectivity index (χ3v) is 5.73. The Morgan fingerprint density at radius 3 is 2.35 bits per heavy atom. The predicted octanol–water partition coefficient (Wildman–Crippen LogP) is 3.86. The summed E-state index contributed by atoms with van der Waals surface area (Å²) in [5.74, 6) is -0.347. The third-order valence-electron chi connectivity index (χ3n) is 3.53. The first-order valence-electron chi connectivity index (χ1n) is 8.01. The van der Waals surface area contributed by atoms with E-state index in [2.05, 4.69) is 10.0 Å². The van der Waals surface area contributed by atoms with E-state index in [-0.39, 0.29) is 33.0 Å². The van der Waals surface area contributed by atoms with Gasteiger partial charge in [0.2, 0.25) is 10.0 Å². The molecule has 0 aliphatic carbocycles. The molecule has 2 rings (SSSR count). The van der Waals surface area contributed by atoms with Crippen molar-refractivity contribution in [3.63, 3.8) is 0 Å². The number of rotatable bonds is 7. The van der Waals surface area contributed by atoms with Crippen LogP contribution in [0.5, 0.6) is 0 Å². The van der Waals surface area contributed by atoms with Crippen LogP contribution in [-0.4, -0.2) is 20.9 Å². The van der Waals surface area contributed by atoms with Crippen LogP contribution in [0.1, 0.15) is 29.8 Å². The number of hydrogen-bond acceptors (Lipinski definition) is 3. The first-order chi connectivity index (χ1) is 12.2. The van der Waals surface area contributed by atoms with Crippen LogP contribution in [0.25, 0.3) is 0 Å². The average molecular weight is 415 g/mol. The normalized spacial score (nSPS) is 11.6. The number of carbonyl (C=O) groups excluding carboxylic acids is 1. The monoisotopic (exact) mass is 414 g/mol. The van der Waals surface area contributed by atoms with Crippen molar-refractivity contribution in [2.24, 2.45) is 5.92 Å². The highest BCUT2D eigenvalue weighted by molar-refractivity contribution is 7.89. The number of benzene rings is 2. The fourth-order valence-corrected chi connectivity index (χ4v) is 4.21. The number of amides is 1. The zero-order chi connectivity index (χ0) is 19.3. The molecule has 0 bridgehead atoms. The molecule has 26 heavy (non-hydrogen) atoms. The predicted molar refractivity (Wildman–Crippen MR) is 104 cm³/mol. The molecule has 2 aromatic carbocycles. The van der Waals surface area contributed by atoms with Gasteiger partial charge in [-0.3, -0.25) is 4.79 Å². The van der Waals surface area contributed by atoms with Gasteiger partial charge in [0.1, 0.15) is 4.90 Å². The largest absolute Gasteiger partial charge is 0.348 e. The van der Waals surface area contributed by atoms with Crippen molar-refractivity contribution in [3.05, 3.63) is 63.6 Å². The zero-order valence-corrected chi connectivity index (χ0v) is 16.8. The van der Waals surface area contributed by atoms with Crippen molar-refractivity contribution in [2.45, 2.75) is 25.3 Å². The minimum Gasteiger partial charge on any atom is -0.348 e. The summed E-state index contributed by atoms with van der Waals surface area (Å²) in [4.78, 5) is 12.3. The number of hydrogen-bond donors (Lipinski definition) is 2. The van der Waals surface area contributed by atoms with E-state index in [0.29, 0.717) is 6.54 Å². The van der Waals surface area contributed by atoms with Crippen LogP contribution in [-0.2, 0) is 16.6 Å². The number of nitrogens with one attached hydrogen (secondary N) is 2. The van der Waals surface area contributed by atoms with Gasteiger partial charge in [-0.05, 0) is 23.6 Å². The molecule has 0 aliphatic heterocycles. The van der Waals surface area contributed by atoms with Gasteiger partial charge in [0, 0.05) is 13.1 Å². The van der Waals surface area contributed by atoms with Gasteiger partial charge in [-0.2, -0.15) is 0 Å². The highest BCUT2D eigenvalue weighted by Gasteiger charge is 2.22. The van der Waals surface area contributed by atoms with E-state index in [1.165, 1.54) is 12.1 Å². The molecule has 0 radical (unpaired) electrons. The standard InChI is InChI=1S/C18H20Cl2N2O3S/c1-12(2)10-22-26(24,25)17-8-14(15(19)9-16(17)20)18(23)21-11-13-6-4-3-5-7-13/h3-9,12,22H,10-11H2,1-2H3,(H,21,23). The van der Waals surface area contributed by atoms with Crippen molar-refractivity contribution < 1.29 is 13.2 Å². The second-order valence-corrected chi connectivity index (χ2v) is 8.73. The molecular formula is C18H20Cl2N2O3S. The highest BCUT2D eigenvalue weighted by atomic mass is 35.5. The van der Waals surface area contributed by atoms with Gasteiger partial charge in [-0.15, -0.1) is 0 Å². The summed E-state index contributed by atoms with van der Waals surface area (Å²) in [6, 6.07) is 11.8. The van der Waals surface area contributed by atoms with E-state index in [0.717, 1.165) is 5.56 Å². The van der Waals surface area contributed by atoms with E-state index in [4.69, 9.17) is 23.2 Å². The van der Waals surface area contributed by atoms with Gasteiger partial charge in [-0.25, -0.2) is 13.1 Å². The average Bonchev–Trinajstić information content (AvgIpc) is 2.59. The van der Waals surface area contributed by atoms with E-state index in [1.807, 2.05) is 44.2 Å². The molecule has 140 valence electrons. The van der Waals surface area contributed by atoms with Crippen LogP contribution in [0.15, 0.2) is 47.4 Å². The maximum Gasteiger partial charge on any atom is 0.253 e. The quantitative estimate of drug-likeness (QED) is 0.721. The van der Waals surface area contributed by atoms with Gasteiger partial charge in [0.25, 0.3) is 5.91 Å². The van der Waals surface area contributed by atoms with Crippen molar-refractivity contribution in [1.29, 1.82) is 0 Å². The van der Waals surface area contributed by atoms with Gasteiger partial charge < -0.3 is 5.32 Å². The Labute approximate surface area is 163 Å². The Hall–Kier alpha value is -1.60. The molecule has 2 N–H and O–H groups in total. The Bertz CT molecular complexity index is 885. The first kappa shape index (κ1) is 20.7. The zero-order valence-electron chi connectivity index (χ0n) is 14.4. The van der Waals surface area contributed by atoms with Crippen LogP contribution >= 0.6 is 23.2 Å². The minimum atomic E-state index is -3.85. The van der Waals surface area contributed by atoms with Crippen LogP contribution in [0.3, 0.4) is 0 Å². The van der Waals surface area contributed by atoms with Gasteiger partial charge in [0.05, 0.1) is 15.6 Å². The molecule has 0 heterocycles. The maximum atomic E-state index is 12.5. The molecule has 5 nitrogen and oxygen atoms in total. The number of sulfonamides is 1. The maximum absolute atomic E-state index is 12.5. The SMILES string of the molecule is CC(C)CNS(=O)(=O)c1cc(C(=O)NCc2ccccc2)c(Cl)cc1Cl. The van der Waals surface area contributed by atoms with Crippen molar-refractivity contribution in [3.8, 4) is 0 Å². The smallest absolute Gasteiger partial charge is 0.253 e. The molecule has 8 heteroatoms. The topological polar surface area (TPSA) is 75.3 Å². The lowest BCUT2D eigenvalue weighted by Gasteiger charge is -2.13. The second kappa shape index (κ2) is 8.86. The summed E-state index contributed by atoms with van der Waals surface area (Å²) >= 11 is 12.1. The van der Waals surface area contributed by atoms with E-state index in [9.17, 15) is 13.2 Å². The fraction of sp³-hybridized carbons (Fsp3) is 0.278. The summed E-state index contributed by atoms with van der Waals surface area (Å²) in [5.41, 5.74) is 0.967. The van der Waals surface area contributed by atoms with Gasteiger partial charge >= 0.3 is 0 Å². The van der Waals surface area contributed by atoms with Crippen LogP contribution in [0, 0.1) is 5.92 Å². The molecule has 0 spiro atoms. The third kappa shape index (κ3) is 5.45. The molecule has 0 fully saturated rings. The molecule has 0 aliphatic rings. The van der Waals surface area contributed by atoms with Crippen molar-refractivity contribution in [1.82, 2.24) is 10.0 Å². The summed E-state index contributed by atoms with van der Waals surface area (Å²) in [5, 5.41) is 2.77. The Morgan fingerprint density at radius 2 is 1.73 bits per heavy atom. The Morgan fingerprint density at radius 1 is 1.08 bits per heavy atom. The number of carbonyl (C=O) groups is 1. The minimum absolute atomic E-state index is 0.0362. The highest BCUT2D eigenvalue weighted by Crippen LogP contribution is 2.28. The van der Waals surface area contributed by atoms with Gasteiger partial charge in [-0.1, -0.05) is 67.4 Å².